The fourth-order valence-corrected chi connectivity index (χ4v) is 3.26. The van der Waals surface area contributed by atoms with Gasteiger partial charge in [-0.3, -0.25) is 0 Å². The Hall–Kier alpha value is -2.51. The van der Waals surface area contributed by atoms with Crippen LogP contribution in [0, 0.1) is 0 Å². The van der Waals surface area contributed by atoms with Crippen LogP contribution in [0.25, 0.3) is 0 Å². The summed E-state index contributed by atoms with van der Waals surface area (Å²) in [6, 6.07) is 6.97. The third kappa shape index (κ3) is 7.88. The smallest absolute Gasteiger partial charge is 0.421 e. The molecule has 0 unspecified atom stereocenters. The minimum absolute atomic E-state index is 0.0608. The molecule has 5 nitrogen and oxygen atoms in total. The molecule has 178 valence electrons. The third-order valence-corrected chi connectivity index (χ3v) is 5.08. The quantitative estimate of drug-likeness (QED) is 0.284. The van der Waals surface area contributed by atoms with Crippen molar-refractivity contribution in [3.05, 3.63) is 36.0 Å². The number of ether oxygens (including phenoxy) is 2. The molecule has 0 N–H and O–H groups in total. The molecular formula is C24H34F3N3O2. The molecule has 0 aliphatic rings. The number of nitrogens with zero attached hydrogens (tertiary/aromatic N) is 3. The minimum Gasteiger partial charge on any atom is -0.491 e. The number of alkyl halides is 3. The molecule has 0 saturated heterocycles. The molecular weight excluding hydrogens is 419 g/mol. The van der Waals surface area contributed by atoms with E-state index in [1.807, 2.05) is 0 Å². The maximum Gasteiger partial charge on any atom is 0.421 e. The van der Waals surface area contributed by atoms with Crippen LogP contribution in [0.4, 0.5) is 24.7 Å². The fraction of sp³-hybridized carbons (Fsp3) is 0.583. The second kappa shape index (κ2) is 13.1. The molecule has 2 rings (SSSR count). The van der Waals surface area contributed by atoms with Gasteiger partial charge in [-0.2, -0.15) is 18.2 Å². The summed E-state index contributed by atoms with van der Waals surface area (Å²) in [5, 5.41) is 0. The fourth-order valence-electron chi connectivity index (χ4n) is 3.26. The van der Waals surface area contributed by atoms with Gasteiger partial charge in [0, 0.05) is 13.2 Å². The molecule has 2 aromatic rings. The van der Waals surface area contributed by atoms with Crippen LogP contribution in [0.3, 0.4) is 0 Å². The summed E-state index contributed by atoms with van der Waals surface area (Å²) in [7, 11) is 1.54. The first-order chi connectivity index (χ1) is 15.4. The summed E-state index contributed by atoms with van der Waals surface area (Å²) in [4.78, 5) is 9.29. The van der Waals surface area contributed by atoms with Crippen LogP contribution < -0.4 is 14.4 Å². The van der Waals surface area contributed by atoms with Crippen molar-refractivity contribution in [3.63, 3.8) is 0 Å². The van der Waals surface area contributed by atoms with Gasteiger partial charge in [0.25, 0.3) is 0 Å². The minimum atomic E-state index is -4.60. The number of hydrogen-bond donors (Lipinski definition) is 0. The number of aromatic nitrogens is 2. The van der Waals surface area contributed by atoms with Crippen molar-refractivity contribution in [2.75, 3.05) is 25.2 Å². The summed E-state index contributed by atoms with van der Waals surface area (Å²) in [5.41, 5.74) is -0.419. The average molecular weight is 454 g/mol. The average Bonchev–Trinajstić information content (AvgIpc) is 2.78. The third-order valence-electron chi connectivity index (χ3n) is 5.08. The van der Waals surface area contributed by atoms with Crippen LogP contribution in [0.1, 0.15) is 70.8 Å². The summed E-state index contributed by atoms with van der Waals surface area (Å²) in [5.74, 6) is 0.248. The van der Waals surface area contributed by atoms with E-state index in [9.17, 15) is 13.2 Å². The van der Waals surface area contributed by atoms with Crippen LogP contribution in [0.5, 0.6) is 11.8 Å². The highest BCUT2D eigenvalue weighted by Crippen LogP contribution is 2.40. The number of hydrogen-bond acceptors (Lipinski definition) is 5. The number of benzene rings is 1. The topological polar surface area (TPSA) is 47.5 Å². The lowest BCUT2D eigenvalue weighted by Crippen LogP contribution is -2.20. The molecule has 0 spiro atoms. The Labute approximate surface area is 189 Å². The molecule has 8 heteroatoms. The van der Waals surface area contributed by atoms with E-state index in [0.29, 0.717) is 24.7 Å². The Balaban J connectivity index is 2.23. The molecule has 0 fully saturated rings. The van der Waals surface area contributed by atoms with Gasteiger partial charge in [-0.05, 0) is 25.0 Å². The summed E-state index contributed by atoms with van der Waals surface area (Å²) in [6.07, 6.45) is 4.35. The van der Waals surface area contributed by atoms with Gasteiger partial charge in [-0.25, -0.2) is 4.98 Å². The van der Waals surface area contributed by atoms with Gasteiger partial charge in [-0.15, -0.1) is 0 Å². The van der Waals surface area contributed by atoms with E-state index in [4.69, 9.17) is 9.47 Å². The van der Waals surface area contributed by atoms with Gasteiger partial charge >= 0.3 is 12.2 Å². The van der Waals surface area contributed by atoms with Crippen LogP contribution in [0.2, 0.25) is 0 Å². The van der Waals surface area contributed by atoms with Crippen LogP contribution >= 0.6 is 0 Å². The first kappa shape index (κ1) is 25.7. The maximum absolute atomic E-state index is 13.7. The zero-order chi connectivity index (χ0) is 23.4. The van der Waals surface area contributed by atoms with Crippen LogP contribution in [0.15, 0.2) is 30.5 Å². The monoisotopic (exact) mass is 453 g/mol. The van der Waals surface area contributed by atoms with Gasteiger partial charge in [0.05, 0.1) is 18.9 Å². The van der Waals surface area contributed by atoms with Crippen molar-refractivity contribution >= 4 is 11.5 Å². The molecule has 1 heterocycles. The lowest BCUT2D eigenvalue weighted by Gasteiger charge is -2.24. The SMILES string of the molecule is CCCCCCOc1ncc(C(F)(F)F)c(N(C)c2ccccc2OCCCCCC)n1. The summed E-state index contributed by atoms with van der Waals surface area (Å²) in [6.45, 7) is 5.11. The van der Waals surface area contributed by atoms with E-state index in [-0.39, 0.29) is 11.8 Å². The first-order valence-electron chi connectivity index (χ1n) is 11.4. The zero-order valence-electron chi connectivity index (χ0n) is 19.2. The van der Waals surface area contributed by atoms with Crippen molar-refractivity contribution in [2.45, 2.75) is 71.4 Å². The molecule has 0 aliphatic carbocycles. The van der Waals surface area contributed by atoms with Gasteiger partial charge < -0.3 is 14.4 Å². The first-order valence-corrected chi connectivity index (χ1v) is 11.4. The van der Waals surface area contributed by atoms with E-state index in [0.717, 1.165) is 57.6 Å². The second-order valence-electron chi connectivity index (χ2n) is 7.73. The van der Waals surface area contributed by atoms with Gasteiger partial charge in [-0.1, -0.05) is 64.5 Å². The molecule has 0 amide bonds. The van der Waals surface area contributed by atoms with Crippen molar-refractivity contribution < 1.29 is 22.6 Å². The van der Waals surface area contributed by atoms with Crippen LogP contribution in [-0.2, 0) is 6.18 Å². The second-order valence-corrected chi connectivity index (χ2v) is 7.73. The Morgan fingerprint density at radius 2 is 1.50 bits per heavy atom. The number of unbranched alkanes of at least 4 members (excludes halogenated alkanes) is 6. The van der Waals surface area contributed by atoms with Crippen molar-refractivity contribution in [3.8, 4) is 11.8 Å². The van der Waals surface area contributed by atoms with E-state index < -0.39 is 11.7 Å². The standard InChI is InChI=1S/C24H34F3N3O2/c1-4-6-8-12-16-31-21-15-11-10-14-20(21)30(3)22-19(24(25,26)27)18-28-23(29-22)32-17-13-9-7-5-2/h10-11,14-15,18H,4-9,12-13,16-17H2,1-3H3. The van der Waals surface area contributed by atoms with Crippen molar-refractivity contribution in [1.82, 2.24) is 9.97 Å². The predicted molar refractivity (Wildman–Crippen MR) is 121 cm³/mol. The number of halogens is 3. The van der Waals surface area contributed by atoms with E-state index >= 15 is 0 Å². The van der Waals surface area contributed by atoms with Crippen molar-refractivity contribution in [2.24, 2.45) is 0 Å². The highest BCUT2D eigenvalue weighted by atomic mass is 19.4. The Morgan fingerprint density at radius 3 is 2.12 bits per heavy atom. The molecule has 0 saturated carbocycles. The molecule has 1 aromatic carbocycles. The Bertz CT molecular complexity index is 815. The molecule has 0 atom stereocenters. The van der Waals surface area contributed by atoms with Gasteiger partial charge in [0.1, 0.15) is 11.3 Å². The lowest BCUT2D eigenvalue weighted by molar-refractivity contribution is -0.137. The van der Waals surface area contributed by atoms with E-state index in [2.05, 4.69) is 23.8 Å². The van der Waals surface area contributed by atoms with Crippen molar-refractivity contribution in [1.29, 1.82) is 0 Å². The van der Waals surface area contributed by atoms with Gasteiger partial charge in [0.15, 0.2) is 5.82 Å². The molecule has 0 bridgehead atoms. The number of rotatable bonds is 14. The highest BCUT2D eigenvalue weighted by Gasteiger charge is 2.37. The van der Waals surface area contributed by atoms with Gasteiger partial charge in [0.2, 0.25) is 0 Å². The molecule has 32 heavy (non-hydrogen) atoms. The number of para-hydroxylation sites is 2. The van der Waals surface area contributed by atoms with Crippen LogP contribution in [-0.4, -0.2) is 30.2 Å². The largest absolute Gasteiger partial charge is 0.491 e. The Morgan fingerprint density at radius 1 is 0.875 bits per heavy atom. The normalized spacial score (nSPS) is 11.4. The summed E-state index contributed by atoms with van der Waals surface area (Å²) >= 11 is 0. The molecule has 0 aliphatic heterocycles. The predicted octanol–water partition coefficient (Wildman–Crippen LogP) is 7.18. The lowest BCUT2D eigenvalue weighted by atomic mass is 10.2. The number of anilines is 2. The molecule has 1 aromatic heterocycles. The Kier molecular flexibility index (Phi) is 10.6. The summed E-state index contributed by atoms with van der Waals surface area (Å²) < 4.78 is 52.5. The molecule has 0 radical (unpaired) electrons. The van der Waals surface area contributed by atoms with E-state index in [1.54, 1.807) is 31.3 Å². The highest BCUT2D eigenvalue weighted by molar-refractivity contribution is 5.68. The zero-order valence-corrected chi connectivity index (χ0v) is 19.2. The van der Waals surface area contributed by atoms with E-state index in [1.165, 1.54) is 4.90 Å². The maximum atomic E-state index is 13.7.